The second-order valence-electron chi connectivity index (χ2n) is 6.29. The van der Waals surface area contributed by atoms with Crippen LogP contribution >= 0.6 is 15.9 Å². The molecule has 2 aliphatic heterocycles. The Kier molecular flexibility index (Phi) is 3.49. The molecule has 1 aromatic carbocycles. The highest BCUT2D eigenvalue weighted by Crippen LogP contribution is 2.32. The van der Waals surface area contributed by atoms with E-state index < -0.39 is 0 Å². The highest BCUT2D eigenvalue weighted by Gasteiger charge is 2.33. The van der Waals surface area contributed by atoms with Crippen LogP contribution in [0.3, 0.4) is 0 Å². The van der Waals surface area contributed by atoms with Crippen molar-refractivity contribution in [2.45, 2.75) is 50.5 Å². The van der Waals surface area contributed by atoms with E-state index in [1.54, 1.807) is 0 Å². The van der Waals surface area contributed by atoms with Crippen molar-refractivity contribution in [1.29, 1.82) is 0 Å². The van der Waals surface area contributed by atoms with Gasteiger partial charge in [0.2, 0.25) is 0 Å². The first-order chi connectivity index (χ1) is 9.78. The number of ether oxygens (including phenoxy) is 1. The Bertz CT molecular complexity index is 491. The minimum Gasteiger partial charge on any atom is -0.371 e. The van der Waals surface area contributed by atoms with E-state index in [1.807, 2.05) is 0 Å². The maximum absolute atomic E-state index is 5.91. The summed E-state index contributed by atoms with van der Waals surface area (Å²) in [6, 6.07) is 7.55. The molecule has 2 atom stereocenters. The molecule has 0 aromatic heterocycles. The first-order valence-corrected chi connectivity index (χ1v) is 8.49. The lowest BCUT2D eigenvalue weighted by atomic mass is 10.1. The van der Waals surface area contributed by atoms with Crippen molar-refractivity contribution < 1.29 is 4.74 Å². The van der Waals surface area contributed by atoms with Crippen molar-refractivity contribution in [3.63, 3.8) is 0 Å². The molecule has 0 radical (unpaired) electrons. The molecule has 20 heavy (non-hydrogen) atoms. The van der Waals surface area contributed by atoms with Gasteiger partial charge in [-0.25, -0.2) is 0 Å². The predicted octanol–water partition coefficient (Wildman–Crippen LogP) is 3.07. The van der Waals surface area contributed by atoms with Crippen molar-refractivity contribution >= 4 is 21.6 Å². The van der Waals surface area contributed by atoms with Crippen LogP contribution in [0.2, 0.25) is 0 Å². The van der Waals surface area contributed by atoms with Gasteiger partial charge in [-0.05, 0) is 43.4 Å². The molecule has 1 N–H and O–H groups in total. The van der Waals surface area contributed by atoms with Gasteiger partial charge in [-0.1, -0.05) is 22.0 Å². The molecule has 0 amide bonds. The molecule has 1 saturated carbocycles. The first-order valence-electron chi connectivity index (χ1n) is 7.70. The zero-order chi connectivity index (χ0) is 13.5. The van der Waals surface area contributed by atoms with Crippen LogP contribution in [-0.2, 0) is 11.3 Å². The van der Waals surface area contributed by atoms with Gasteiger partial charge in [-0.15, -0.1) is 0 Å². The maximum Gasteiger partial charge on any atom is 0.0755 e. The van der Waals surface area contributed by atoms with Gasteiger partial charge in [0.15, 0.2) is 0 Å². The number of fused-ring (bicyclic) bond motifs is 2. The van der Waals surface area contributed by atoms with Crippen molar-refractivity contribution in [3.05, 3.63) is 28.2 Å². The molecule has 4 heteroatoms. The maximum atomic E-state index is 5.91. The molecule has 3 fully saturated rings. The Balaban J connectivity index is 1.46. The fraction of sp³-hybridized carbons (Fsp3) is 0.625. The van der Waals surface area contributed by atoms with Crippen LogP contribution in [0.15, 0.2) is 22.7 Å². The van der Waals surface area contributed by atoms with E-state index in [-0.39, 0.29) is 0 Å². The van der Waals surface area contributed by atoms with Crippen LogP contribution in [0.25, 0.3) is 0 Å². The largest absolute Gasteiger partial charge is 0.371 e. The van der Waals surface area contributed by atoms with E-state index in [0.717, 1.165) is 25.7 Å². The van der Waals surface area contributed by atoms with Gasteiger partial charge in [0.05, 0.1) is 12.2 Å². The lowest BCUT2D eigenvalue weighted by Crippen LogP contribution is -2.42. The number of morpholine rings is 1. The number of anilines is 1. The van der Waals surface area contributed by atoms with Gasteiger partial charge in [0.1, 0.15) is 0 Å². The van der Waals surface area contributed by atoms with Crippen LogP contribution in [-0.4, -0.2) is 31.3 Å². The van der Waals surface area contributed by atoms with Gasteiger partial charge < -0.3 is 15.0 Å². The van der Waals surface area contributed by atoms with Crippen LogP contribution in [0.1, 0.15) is 31.2 Å². The Morgan fingerprint density at radius 2 is 1.90 bits per heavy atom. The summed E-state index contributed by atoms with van der Waals surface area (Å²) in [4.78, 5) is 2.48. The molecule has 2 unspecified atom stereocenters. The van der Waals surface area contributed by atoms with Crippen LogP contribution in [0.4, 0.5) is 5.69 Å². The van der Waals surface area contributed by atoms with E-state index in [2.05, 4.69) is 44.3 Å². The van der Waals surface area contributed by atoms with Gasteiger partial charge in [-0.2, -0.15) is 0 Å². The van der Waals surface area contributed by atoms with Crippen molar-refractivity contribution in [2.24, 2.45) is 0 Å². The molecule has 1 aliphatic carbocycles. The zero-order valence-electron chi connectivity index (χ0n) is 11.6. The number of nitrogens with zero attached hydrogens (tertiary/aromatic N) is 1. The second-order valence-corrected chi connectivity index (χ2v) is 7.15. The van der Waals surface area contributed by atoms with Gasteiger partial charge in [-0.3, -0.25) is 0 Å². The summed E-state index contributed by atoms with van der Waals surface area (Å²) >= 11 is 3.73. The number of hydrogen-bond acceptors (Lipinski definition) is 3. The summed E-state index contributed by atoms with van der Waals surface area (Å²) < 4.78 is 7.14. The summed E-state index contributed by atoms with van der Waals surface area (Å²) in [5.41, 5.74) is 2.68. The fourth-order valence-corrected chi connectivity index (χ4v) is 3.75. The molecular formula is C16H21BrN2O. The zero-order valence-corrected chi connectivity index (χ0v) is 13.2. The summed E-state index contributed by atoms with van der Waals surface area (Å²) in [5, 5.41) is 3.57. The van der Waals surface area contributed by atoms with Crippen molar-refractivity contribution in [3.8, 4) is 0 Å². The summed E-state index contributed by atoms with van der Waals surface area (Å²) in [7, 11) is 0. The summed E-state index contributed by atoms with van der Waals surface area (Å²) in [6.45, 7) is 3.06. The third-order valence-corrected chi connectivity index (χ3v) is 5.34. The Morgan fingerprint density at radius 3 is 2.55 bits per heavy atom. The average molecular weight is 337 g/mol. The number of hydrogen-bond donors (Lipinski definition) is 1. The number of rotatable bonds is 4. The Hall–Kier alpha value is -0.580. The molecular weight excluding hydrogens is 316 g/mol. The quantitative estimate of drug-likeness (QED) is 0.914. The molecule has 3 nitrogen and oxygen atoms in total. The minimum atomic E-state index is 0.448. The smallest absolute Gasteiger partial charge is 0.0755 e. The van der Waals surface area contributed by atoms with Gasteiger partial charge in [0, 0.05) is 35.8 Å². The number of halogens is 1. The van der Waals surface area contributed by atoms with E-state index in [9.17, 15) is 0 Å². The lowest BCUT2D eigenvalue weighted by Gasteiger charge is -2.34. The van der Waals surface area contributed by atoms with E-state index in [0.29, 0.717) is 12.2 Å². The van der Waals surface area contributed by atoms with E-state index in [1.165, 1.54) is 41.4 Å². The first kappa shape index (κ1) is 13.1. The molecule has 108 valence electrons. The van der Waals surface area contributed by atoms with Crippen LogP contribution in [0, 0.1) is 0 Å². The number of benzene rings is 1. The molecule has 2 bridgehead atoms. The molecule has 2 heterocycles. The highest BCUT2D eigenvalue weighted by atomic mass is 79.9. The standard InChI is InChI=1S/C16H21BrN2O/c17-16-7-13(4-1-11(16)8-18-12-2-3-12)19-9-14-5-6-15(10-19)20-14/h1,4,7,12,14-15,18H,2-3,5-6,8-10H2. The Morgan fingerprint density at radius 1 is 1.15 bits per heavy atom. The summed E-state index contributed by atoms with van der Waals surface area (Å²) in [6.07, 6.45) is 6.03. The number of nitrogens with one attached hydrogen (secondary N) is 1. The predicted molar refractivity (Wildman–Crippen MR) is 84.1 cm³/mol. The lowest BCUT2D eigenvalue weighted by molar-refractivity contribution is 0.0305. The molecule has 4 rings (SSSR count). The van der Waals surface area contributed by atoms with Crippen LogP contribution in [0.5, 0.6) is 0 Å². The van der Waals surface area contributed by atoms with Crippen LogP contribution < -0.4 is 10.2 Å². The molecule has 2 saturated heterocycles. The molecule has 1 aromatic rings. The summed E-state index contributed by atoms with van der Waals surface area (Å²) in [5.74, 6) is 0. The Labute approximate surface area is 128 Å². The normalized spacial score (nSPS) is 28.9. The van der Waals surface area contributed by atoms with Crippen molar-refractivity contribution in [2.75, 3.05) is 18.0 Å². The van der Waals surface area contributed by atoms with E-state index in [4.69, 9.17) is 4.74 Å². The fourth-order valence-electron chi connectivity index (χ4n) is 3.24. The average Bonchev–Trinajstić information content (AvgIpc) is 3.22. The monoisotopic (exact) mass is 336 g/mol. The van der Waals surface area contributed by atoms with Gasteiger partial charge >= 0.3 is 0 Å². The van der Waals surface area contributed by atoms with Gasteiger partial charge in [0.25, 0.3) is 0 Å². The third-order valence-electron chi connectivity index (χ3n) is 4.60. The minimum absolute atomic E-state index is 0.448. The third kappa shape index (κ3) is 2.74. The topological polar surface area (TPSA) is 24.5 Å². The molecule has 3 aliphatic rings. The van der Waals surface area contributed by atoms with Crippen molar-refractivity contribution in [1.82, 2.24) is 5.32 Å². The highest BCUT2D eigenvalue weighted by molar-refractivity contribution is 9.10. The van der Waals surface area contributed by atoms with E-state index >= 15 is 0 Å². The SMILES string of the molecule is Brc1cc(N2CC3CCC(C2)O3)ccc1CNC1CC1. The second kappa shape index (κ2) is 5.32. The molecule has 0 spiro atoms.